The van der Waals surface area contributed by atoms with Crippen molar-refractivity contribution in [3.05, 3.63) is 49.7 Å². The van der Waals surface area contributed by atoms with E-state index in [1.54, 1.807) is 0 Å². The fourth-order valence-corrected chi connectivity index (χ4v) is 5.83. The predicted octanol–water partition coefficient (Wildman–Crippen LogP) is 5.25. The van der Waals surface area contributed by atoms with Crippen LogP contribution in [-0.4, -0.2) is 17.4 Å². The number of nitrogens with one attached hydrogen (secondary N) is 1. The van der Waals surface area contributed by atoms with Crippen LogP contribution in [0.2, 0.25) is 5.02 Å². The van der Waals surface area contributed by atoms with Gasteiger partial charge in [0.2, 0.25) is 0 Å². The molecule has 0 radical (unpaired) electrons. The summed E-state index contributed by atoms with van der Waals surface area (Å²) in [6.07, 6.45) is 6.71. The van der Waals surface area contributed by atoms with Crippen molar-refractivity contribution in [1.29, 1.82) is 0 Å². The maximum atomic E-state index is 12.4. The second kappa shape index (κ2) is 7.44. The molecule has 1 aliphatic carbocycles. The number of fused-ring (bicyclic) bond motifs is 2. The largest absolute Gasteiger partial charge is 0.351 e. The van der Waals surface area contributed by atoms with Crippen LogP contribution in [0.1, 0.15) is 44.5 Å². The third kappa shape index (κ3) is 3.59. The van der Waals surface area contributed by atoms with Gasteiger partial charge in [-0.15, -0.1) is 22.7 Å². The standard InChI is InChI=1S/C19H19ClN2OS2/c20-17-12-6-1-3-8-14(12)25-18(17)19(23)21-11-5-10-16-22-13-7-2-4-9-15(13)24-16/h1,3,6,8H,2,4-5,7,9-11H2,(H,21,23). The van der Waals surface area contributed by atoms with Crippen LogP contribution in [0.4, 0.5) is 0 Å². The molecule has 1 aromatic carbocycles. The van der Waals surface area contributed by atoms with Crippen LogP contribution in [0.3, 0.4) is 0 Å². The first-order chi connectivity index (χ1) is 12.2. The summed E-state index contributed by atoms with van der Waals surface area (Å²) in [5.74, 6) is -0.0790. The van der Waals surface area contributed by atoms with Crippen LogP contribution < -0.4 is 5.32 Å². The Morgan fingerprint density at radius 2 is 2.04 bits per heavy atom. The highest BCUT2D eigenvalue weighted by atomic mass is 35.5. The Morgan fingerprint density at radius 1 is 1.20 bits per heavy atom. The summed E-state index contributed by atoms with van der Waals surface area (Å²) in [6.45, 7) is 0.646. The molecule has 2 aromatic heterocycles. The van der Waals surface area contributed by atoms with E-state index >= 15 is 0 Å². The molecule has 1 aliphatic rings. The number of aromatic nitrogens is 1. The van der Waals surface area contributed by atoms with Crippen molar-refractivity contribution in [3.8, 4) is 0 Å². The molecule has 0 aliphatic heterocycles. The van der Waals surface area contributed by atoms with E-state index in [1.165, 1.54) is 46.2 Å². The number of hydrogen-bond donors (Lipinski definition) is 1. The molecule has 1 N–H and O–H groups in total. The van der Waals surface area contributed by atoms with Gasteiger partial charge in [-0.25, -0.2) is 4.98 Å². The van der Waals surface area contributed by atoms with Crippen LogP contribution in [-0.2, 0) is 19.3 Å². The normalized spacial score (nSPS) is 13.8. The lowest BCUT2D eigenvalue weighted by Crippen LogP contribution is -2.24. The van der Waals surface area contributed by atoms with Gasteiger partial charge in [0, 0.05) is 27.9 Å². The second-order valence-corrected chi connectivity index (χ2v) is 8.88. The third-order valence-electron chi connectivity index (χ3n) is 4.48. The minimum absolute atomic E-state index is 0.0790. The van der Waals surface area contributed by atoms with Crippen LogP contribution in [0.25, 0.3) is 10.1 Å². The number of aryl methyl sites for hydroxylation is 3. The summed E-state index contributed by atoms with van der Waals surface area (Å²) in [5.41, 5.74) is 1.31. The monoisotopic (exact) mass is 390 g/mol. The first-order valence-corrected chi connectivity index (χ1v) is 10.7. The number of rotatable bonds is 5. The smallest absolute Gasteiger partial charge is 0.262 e. The van der Waals surface area contributed by atoms with Crippen LogP contribution >= 0.6 is 34.3 Å². The summed E-state index contributed by atoms with van der Waals surface area (Å²) in [4.78, 5) is 19.2. The van der Waals surface area contributed by atoms with Crippen molar-refractivity contribution < 1.29 is 4.79 Å². The van der Waals surface area contributed by atoms with E-state index in [2.05, 4.69) is 5.32 Å². The maximum absolute atomic E-state index is 12.4. The molecule has 0 saturated carbocycles. The van der Waals surface area contributed by atoms with Crippen LogP contribution in [0.5, 0.6) is 0 Å². The SMILES string of the molecule is O=C(NCCCc1nc2c(s1)CCCC2)c1sc2ccccc2c1Cl. The second-order valence-electron chi connectivity index (χ2n) is 6.29. The summed E-state index contributed by atoms with van der Waals surface area (Å²) in [7, 11) is 0. The molecule has 0 spiro atoms. The summed E-state index contributed by atoms with van der Waals surface area (Å²) < 4.78 is 1.05. The minimum atomic E-state index is -0.0790. The van der Waals surface area contributed by atoms with Crippen molar-refractivity contribution in [3.63, 3.8) is 0 Å². The Labute approximate surface area is 160 Å². The van der Waals surface area contributed by atoms with Crippen LogP contribution in [0, 0.1) is 0 Å². The Hall–Kier alpha value is -1.43. The van der Waals surface area contributed by atoms with Crippen molar-refractivity contribution in [2.75, 3.05) is 6.54 Å². The van der Waals surface area contributed by atoms with Gasteiger partial charge < -0.3 is 5.32 Å². The average molecular weight is 391 g/mol. The first kappa shape index (κ1) is 17.0. The average Bonchev–Trinajstić information content (AvgIpc) is 3.20. The molecule has 0 fully saturated rings. The van der Waals surface area contributed by atoms with Crippen molar-refractivity contribution in [2.24, 2.45) is 0 Å². The molecular weight excluding hydrogens is 372 g/mol. The van der Waals surface area contributed by atoms with E-state index < -0.39 is 0 Å². The van der Waals surface area contributed by atoms with Crippen LogP contribution in [0.15, 0.2) is 24.3 Å². The van der Waals surface area contributed by atoms with Gasteiger partial charge in [-0.2, -0.15) is 0 Å². The van der Waals surface area contributed by atoms with E-state index in [-0.39, 0.29) is 5.91 Å². The zero-order valence-electron chi connectivity index (χ0n) is 13.8. The molecule has 0 atom stereocenters. The molecular formula is C19H19ClN2OS2. The highest BCUT2D eigenvalue weighted by molar-refractivity contribution is 7.21. The Morgan fingerprint density at radius 3 is 2.88 bits per heavy atom. The number of hydrogen-bond acceptors (Lipinski definition) is 4. The van der Waals surface area contributed by atoms with Gasteiger partial charge in [0.25, 0.3) is 5.91 Å². The van der Waals surface area contributed by atoms with E-state index in [1.807, 2.05) is 35.6 Å². The Balaban J connectivity index is 1.32. The van der Waals surface area contributed by atoms with Crippen molar-refractivity contribution in [1.82, 2.24) is 10.3 Å². The number of nitrogens with zero attached hydrogens (tertiary/aromatic N) is 1. The quantitative estimate of drug-likeness (QED) is 0.604. The molecule has 130 valence electrons. The van der Waals surface area contributed by atoms with E-state index in [0.717, 1.165) is 29.3 Å². The van der Waals surface area contributed by atoms with E-state index in [9.17, 15) is 4.79 Å². The number of thiazole rings is 1. The number of amides is 1. The number of thiophene rings is 1. The fraction of sp³-hybridized carbons (Fsp3) is 0.368. The first-order valence-electron chi connectivity index (χ1n) is 8.65. The van der Waals surface area contributed by atoms with Gasteiger partial charge in [0.1, 0.15) is 4.88 Å². The van der Waals surface area contributed by atoms with Gasteiger partial charge in [0.05, 0.1) is 15.7 Å². The molecule has 6 heteroatoms. The van der Waals surface area contributed by atoms with Crippen molar-refractivity contribution >= 4 is 50.3 Å². The Kier molecular flexibility index (Phi) is 5.06. The molecule has 1 amide bonds. The van der Waals surface area contributed by atoms with Crippen molar-refractivity contribution in [2.45, 2.75) is 38.5 Å². The lowest BCUT2D eigenvalue weighted by molar-refractivity contribution is 0.0957. The number of carbonyl (C=O) groups is 1. The number of benzene rings is 1. The van der Waals surface area contributed by atoms with Gasteiger partial charge in [0.15, 0.2) is 0 Å². The summed E-state index contributed by atoms with van der Waals surface area (Å²) >= 11 is 9.66. The van der Waals surface area contributed by atoms with Gasteiger partial charge in [-0.3, -0.25) is 4.79 Å². The molecule has 4 rings (SSSR count). The topological polar surface area (TPSA) is 42.0 Å². The molecule has 0 unspecified atom stereocenters. The molecule has 0 bridgehead atoms. The molecule has 3 aromatic rings. The zero-order valence-corrected chi connectivity index (χ0v) is 16.2. The lowest BCUT2D eigenvalue weighted by atomic mass is 10.0. The lowest BCUT2D eigenvalue weighted by Gasteiger charge is -2.06. The molecule has 2 heterocycles. The minimum Gasteiger partial charge on any atom is -0.351 e. The number of carbonyl (C=O) groups excluding carboxylic acids is 1. The van der Waals surface area contributed by atoms with Gasteiger partial charge in [-0.1, -0.05) is 29.8 Å². The number of halogens is 1. The van der Waals surface area contributed by atoms with E-state index in [0.29, 0.717) is 16.4 Å². The van der Waals surface area contributed by atoms with Gasteiger partial charge in [-0.05, 0) is 38.2 Å². The van der Waals surface area contributed by atoms with E-state index in [4.69, 9.17) is 16.6 Å². The highest BCUT2D eigenvalue weighted by Crippen LogP contribution is 2.35. The van der Waals surface area contributed by atoms with Gasteiger partial charge >= 0.3 is 0 Å². The summed E-state index contributed by atoms with van der Waals surface area (Å²) in [5, 5.41) is 5.72. The third-order valence-corrected chi connectivity index (χ3v) is 7.38. The molecule has 0 saturated heterocycles. The summed E-state index contributed by atoms with van der Waals surface area (Å²) in [6, 6.07) is 7.85. The Bertz CT molecular complexity index is 892. The highest BCUT2D eigenvalue weighted by Gasteiger charge is 2.17. The zero-order chi connectivity index (χ0) is 17.2. The maximum Gasteiger partial charge on any atom is 0.262 e. The molecule has 25 heavy (non-hydrogen) atoms. The predicted molar refractivity (Wildman–Crippen MR) is 106 cm³/mol. The molecule has 3 nitrogen and oxygen atoms in total. The fourth-order valence-electron chi connectivity index (χ4n) is 3.19.